The number of carbonyl (C=O) groups excluding carboxylic acids is 2. The summed E-state index contributed by atoms with van der Waals surface area (Å²) >= 11 is 3.52. The van der Waals surface area contributed by atoms with E-state index in [-0.39, 0.29) is 51.8 Å². The quantitative estimate of drug-likeness (QED) is 0.276. The van der Waals surface area contributed by atoms with Gasteiger partial charge < -0.3 is 14.3 Å². The summed E-state index contributed by atoms with van der Waals surface area (Å²) in [5, 5.41) is 18.9. The molecule has 5 aliphatic carbocycles. The van der Waals surface area contributed by atoms with Crippen LogP contribution >= 0.6 is 15.9 Å². The van der Waals surface area contributed by atoms with Crippen molar-refractivity contribution >= 4 is 33.7 Å². The monoisotopic (exact) mass is 776 g/mol. The van der Waals surface area contributed by atoms with Crippen molar-refractivity contribution in [1.82, 2.24) is 10.2 Å². The van der Waals surface area contributed by atoms with Crippen LogP contribution in [0.15, 0.2) is 44.3 Å². The van der Waals surface area contributed by atoms with Crippen molar-refractivity contribution in [3.63, 3.8) is 0 Å². The van der Waals surface area contributed by atoms with Crippen LogP contribution in [0.4, 0.5) is 0 Å². The van der Waals surface area contributed by atoms with Crippen molar-refractivity contribution < 1.29 is 28.6 Å². The molecule has 0 saturated heterocycles. The summed E-state index contributed by atoms with van der Waals surface area (Å²) in [6.07, 6.45) is 7.84. The maximum absolute atomic E-state index is 14.1. The average Bonchev–Trinajstić information content (AvgIpc) is 3.66. The molecule has 0 bridgehead atoms. The number of Topliss-reactive ketones (excluding diaryl/α,β-unsaturated/α-hetero) is 1. The number of carboxylic acid groups (broad SMARTS) is 1. The highest BCUT2D eigenvalue weighted by molar-refractivity contribution is 9.10. The zero-order chi connectivity index (χ0) is 37.8. The smallest absolute Gasteiger partial charge is 0.309 e. The molecule has 1 aromatic carbocycles. The number of benzene rings is 1. The Morgan fingerprint density at radius 2 is 1.63 bits per heavy atom. The Balaban J connectivity index is 1.20. The molecular weight excluding hydrogens is 720 g/mol. The minimum atomic E-state index is -1.16. The van der Waals surface area contributed by atoms with Crippen LogP contribution in [0, 0.1) is 50.7 Å². The standard InChI is InChI=1S/C43H57BrN2O6/c1-24(2)33-28(47)22-43(36-46-45-35(52-36)25-10-12-26(44)13-11-25)21-20-41(8)27(34(33)43)14-15-30-40(7)18-17-31(51-32(48)23-38(3,4)37(49)50)39(5,6)29(40)16-19-42(30,41)9/h10-13,24,27,29-31H,14-23H2,1-9H3,(H,49,50)/t27?,29-,30+,31?,40-,41+,42+,43+/m0/s1. The lowest BCUT2D eigenvalue weighted by Crippen LogP contribution is -2.66. The number of ether oxygens (including phenoxy) is 1. The molecule has 282 valence electrons. The number of aliphatic carboxylic acids is 1. The summed E-state index contributed by atoms with van der Waals surface area (Å²) in [5.41, 5.74) is 1.28. The third kappa shape index (κ3) is 5.35. The first kappa shape index (κ1) is 37.5. The number of hydrogen-bond donors (Lipinski definition) is 1. The number of carboxylic acids is 1. The summed E-state index contributed by atoms with van der Waals surface area (Å²) in [6, 6.07) is 7.90. The number of hydrogen-bond acceptors (Lipinski definition) is 7. The highest BCUT2D eigenvalue weighted by atomic mass is 79.9. The normalized spacial score (nSPS) is 36.9. The van der Waals surface area contributed by atoms with Crippen LogP contribution in [-0.4, -0.2) is 39.1 Å². The minimum Gasteiger partial charge on any atom is -0.481 e. The van der Waals surface area contributed by atoms with Gasteiger partial charge in [0.15, 0.2) is 5.78 Å². The van der Waals surface area contributed by atoms with E-state index in [1.165, 1.54) is 5.57 Å². The summed E-state index contributed by atoms with van der Waals surface area (Å²) in [4.78, 5) is 39.0. The second kappa shape index (κ2) is 12.4. The molecule has 1 heterocycles. The molecule has 4 fully saturated rings. The Labute approximate surface area is 317 Å². The number of halogens is 1. The highest BCUT2D eigenvalue weighted by Crippen LogP contribution is 2.76. The number of nitrogens with zero attached hydrogens (tertiary/aromatic N) is 2. The first-order valence-corrected chi connectivity index (χ1v) is 20.3. The fourth-order valence-electron chi connectivity index (χ4n) is 12.8. The molecule has 0 spiro atoms. The van der Waals surface area contributed by atoms with Crippen LogP contribution in [0.25, 0.3) is 11.5 Å². The lowest BCUT2D eigenvalue weighted by molar-refractivity contribution is -0.232. The molecule has 2 unspecified atom stereocenters. The fourth-order valence-corrected chi connectivity index (χ4v) is 13.1. The van der Waals surface area contributed by atoms with Gasteiger partial charge in [-0.3, -0.25) is 14.4 Å². The molecule has 8 atom stereocenters. The average molecular weight is 778 g/mol. The van der Waals surface area contributed by atoms with Gasteiger partial charge in [-0.2, -0.15) is 0 Å². The lowest BCUT2D eigenvalue weighted by atomic mass is 9.33. The summed E-state index contributed by atoms with van der Waals surface area (Å²) in [5.74, 6) is 1.13. The number of ketones is 1. The van der Waals surface area contributed by atoms with Gasteiger partial charge in [0.1, 0.15) is 6.10 Å². The molecule has 5 aliphatic rings. The van der Waals surface area contributed by atoms with Gasteiger partial charge in [0.05, 0.1) is 17.3 Å². The maximum atomic E-state index is 14.1. The van der Waals surface area contributed by atoms with E-state index in [0.29, 0.717) is 30.0 Å². The van der Waals surface area contributed by atoms with Crippen molar-refractivity contribution in [1.29, 1.82) is 0 Å². The predicted molar refractivity (Wildman–Crippen MR) is 202 cm³/mol. The van der Waals surface area contributed by atoms with E-state index in [4.69, 9.17) is 14.3 Å². The molecule has 8 nitrogen and oxygen atoms in total. The van der Waals surface area contributed by atoms with E-state index in [1.54, 1.807) is 13.8 Å². The van der Waals surface area contributed by atoms with Crippen LogP contribution in [0.5, 0.6) is 0 Å². The topological polar surface area (TPSA) is 120 Å². The van der Waals surface area contributed by atoms with Gasteiger partial charge in [0, 0.05) is 21.9 Å². The first-order chi connectivity index (χ1) is 24.2. The number of fused-ring (bicyclic) bond motifs is 7. The van der Waals surface area contributed by atoms with Gasteiger partial charge in [0.2, 0.25) is 11.8 Å². The lowest BCUT2D eigenvalue weighted by Gasteiger charge is -2.72. The number of esters is 1. The second-order valence-electron chi connectivity index (χ2n) is 19.4. The number of aromatic nitrogens is 2. The third-order valence-electron chi connectivity index (χ3n) is 15.7. The van der Waals surface area contributed by atoms with Crippen molar-refractivity contribution in [2.45, 2.75) is 138 Å². The van der Waals surface area contributed by atoms with Crippen LogP contribution in [0.1, 0.15) is 132 Å². The van der Waals surface area contributed by atoms with E-state index < -0.39 is 22.8 Å². The number of allylic oxidation sites excluding steroid dienone is 2. The number of carbonyl (C=O) groups is 3. The molecule has 9 heteroatoms. The molecule has 52 heavy (non-hydrogen) atoms. The van der Waals surface area contributed by atoms with Gasteiger partial charge in [-0.25, -0.2) is 0 Å². The molecule has 0 aliphatic heterocycles. The molecule has 1 aromatic heterocycles. The highest BCUT2D eigenvalue weighted by Gasteiger charge is 2.71. The Kier molecular flexibility index (Phi) is 8.91. The van der Waals surface area contributed by atoms with E-state index in [9.17, 15) is 19.5 Å². The van der Waals surface area contributed by atoms with Crippen LogP contribution in [-0.2, 0) is 24.5 Å². The fraction of sp³-hybridized carbons (Fsp3) is 0.698. The summed E-state index contributed by atoms with van der Waals surface area (Å²) in [6.45, 7) is 19.7. The maximum Gasteiger partial charge on any atom is 0.309 e. The molecule has 4 saturated carbocycles. The Bertz CT molecular complexity index is 1830. The van der Waals surface area contributed by atoms with Crippen molar-refractivity contribution in [3.8, 4) is 11.5 Å². The van der Waals surface area contributed by atoms with Crippen LogP contribution < -0.4 is 0 Å². The first-order valence-electron chi connectivity index (χ1n) is 19.5. The summed E-state index contributed by atoms with van der Waals surface area (Å²) < 4.78 is 13.7. The molecule has 1 N–H and O–H groups in total. The zero-order valence-corrected chi connectivity index (χ0v) is 34.1. The SMILES string of the molecule is CC(C)C1=C2C3CC[C@@H]4[C@@]5(C)CCC(OC(=O)CC(C)(C)C(=O)O)C(C)(C)[C@@H]5CC[C@@]4(C)[C@]3(C)CC[C@@]2(c2nnc(-c3ccc(Br)cc3)o2)CC1=O. The van der Waals surface area contributed by atoms with E-state index in [1.807, 2.05) is 24.3 Å². The van der Waals surface area contributed by atoms with Crippen molar-refractivity contribution in [2.75, 3.05) is 0 Å². The Hall–Kier alpha value is -2.81. The molecule has 2 aromatic rings. The zero-order valence-electron chi connectivity index (χ0n) is 32.5. The van der Waals surface area contributed by atoms with E-state index in [0.717, 1.165) is 67.0 Å². The van der Waals surface area contributed by atoms with Gasteiger partial charge in [-0.1, -0.05) is 64.4 Å². The number of rotatable bonds is 7. The largest absolute Gasteiger partial charge is 0.481 e. The van der Waals surface area contributed by atoms with Crippen molar-refractivity contribution in [2.24, 2.45) is 50.7 Å². The second-order valence-corrected chi connectivity index (χ2v) is 20.3. The molecule has 0 radical (unpaired) electrons. The Morgan fingerprint density at radius 1 is 0.942 bits per heavy atom. The predicted octanol–water partition coefficient (Wildman–Crippen LogP) is 10.1. The molecule has 7 rings (SSSR count). The van der Waals surface area contributed by atoms with Crippen LogP contribution in [0.2, 0.25) is 0 Å². The minimum absolute atomic E-state index is 0.0160. The van der Waals surface area contributed by atoms with Gasteiger partial charge in [-0.15, -0.1) is 10.2 Å². The van der Waals surface area contributed by atoms with E-state index in [2.05, 4.69) is 69.5 Å². The van der Waals surface area contributed by atoms with Gasteiger partial charge >= 0.3 is 11.9 Å². The summed E-state index contributed by atoms with van der Waals surface area (Å²) in [7, 11) is 0. The molecule has 0 amide bonds. The van der Waals surface area contributed by atoms with Crippen LogP contribution in [0.3, 0.4) is 0 Å². The molecular formula is C43H57BrN2O6. The third-order valence-corrected chi connectivity index (χ3v) is 16.3. The van der Waals surface area contributed by atoms with Gasteiger partial charge in [0.25, 0.3) is 0 Å². The van der Waals surface area contributed by atoms with Gasteiger partial charge in [-0.05, 0) is 141 Å². The Morgan fingerprint density at radius 3 is 2.29 bits per heavy atom. The van der Waals surface area contributed by atoms with E-state index >= 15 is 0 Å². The van der Waals surface area contributed by atoms with Crippen molar-refractivity contribution in [3.05, 3.63) is 45.8 Å².